The number of carbonyl (C=O) groups excluding carboxylic acids is 1. The monoisotopic (exact) mass is 425 g/mol. The number of carbonyl (C=O) groups is 2. The highest BCUT2D eigenvalue weighted by atomic mass is 19.1. The van der Waals surface area contributed by atoms with Gasteiger partial charge in [0.1, 0.15) is 11.5 Å². The molecule has 1 amide bonds. The molecule has 1 N–H and O–H groups in total. The van der Waals surface area contributed by atoms with Crippen LogP contribution in [0.15, 0.2) is 48.9 Å². The van der Waals surface area contributed by atoms with Crippen LogP contribution >= 0.6 is 0 Å². The minimum atomic E-state index is -1.09. The van der Waals surface area contributed by atoms with Crippen LogP contribution in [0.1, 0.15) is 48.3 Å². The van der Waals surface area contributed by atoms with E-state index in [1.165, 1.54) is 35.3 Å². The molecule has 1 aromatic carbocycles. The fourth-order valence-electron chi connectivity index (χ4n) is 3.25. The number of aromatic nitrogens is 4. The Morgan fingerprint density at radius 1 is 1.19 bits per heavy atom. The van der Waals surface area contributed by atoms with E-state index in [-0.39, 0.29) is 29.8 Å². The van der Waals surface area contributed by atoms with Crippen molar-refractivity contribution >= 4 is 11.9 Å². The predicted molar refractivity (Wildman–Crippen MR) is 111 cm³/mol. The summed E-state index contributed by atoms with van der Waals surface area (Å²) in [5.74, 6) is -1.59. The Bertz CT molecular complexity index is 1050. The molecule has 0 fully saturated rings. The van der Waals surface area contributed by atoms with Gasteiger partial charge in [-0.3, -0.25) is 9.78 Å². The molecule has 0 bridgehead atoms. The van der Waals surface area contributed by atoms with E-state index < -0.39 is 5.97 Å². The molecule has 9 heteroatoms. The molecule has 3 aromatic rings. The standard InChI is InChI=1S/C22H24FN5O3/c1-3-4-15(2)21(29)27(12-16-5-7-18(23)8-6-16)13-19-14-28(26-25-19)20-9-17(22(30)31)10-24-11-20/h5-11,14-15H,3-4,12-13H2,1-2H3,(H,30,31). The minimum absolute atomic E-state index is 0.0183. The van der Waals surface area contributed by atoms with Crippen LogP contribution in [0.3, 0.4) is 0 Å². The highest BCUT2D eigenvalue weighted by Gasteiger charge is 2.22. The second kappa shape index (κ2) is 9.92. The van der Waals surface area contributed by atoms with Gasteiger partial charge in [-0.25, -0.2) is 13.9 Å². The maximum absolute atomic E-state index is 13.3. The Hall–Kier alpha value is -3.62. The average Bonchev–Trinajstić information content (AvgIpc) is 3.23. The highest BCUT2D eigenvalue weighted by Crippen LogP contribution is 2.17. The number of carboxylic acid groups (broad SMARTS) is 1. The van der Waals surface area contributed by atoms with Gasteiger partial charge in [0.25, 0.3) is 0 Å². The summed E-state index contributed by atoms with van der Waals surface area (Å²) < 4.78 is 14.7. The zero-order chi connectivity index (χ0) is 22.4. The van der Waals surface area contributed by atoms with Crippen molar-refractivity contribution in [3.05, 3.63) is 71.6 Å². The Labute approximate surface area is 179 Å². The van der Waals surface area contributed by atoms with Gasteiger partial charge in [0.2, 0.25) is 5.91 Å². The van der Waals surface area contributed by atoms with E-state index in [1.807, 2.05) is 13.8 Å². The summed E-state index contributed by atoms with van der Waals surface area (Å²) in [5, 5.41) is 17.3. The molecule has 0 saturated carbocycles. The molecule has 0 aliphatic carbocycles. The zero-order valence-electron chi connectivity index (χ0n) is 17.4. The lowest BCUT2D eigenvalue weighted by molar-refractivity contribution is -0.136. The third-order valence-electron chi connectivity index (χ3n) is 4.87. The van der Waals surface area contributed by atoms with Gasteiger partial charge in [0.05, 0.1) is 30.2 Å². The molecule has 8 nitrogen and oxygen atoms in total. The van der Waals surface area contributed by atoms with Crippen molar-refractivity contribution in [2.75, 3.05) is 0 Å². The van der Waals surface area contributed by atoms with Gasteiger partial charge in [-0.1, -0.05) is 37.6 Å². The smallest absolute Gasteiger partial charge is 0.337 e. The van der Waals surface area contributed by atoms with Crippen molar-refractivity contribution < 1.29 is 19.1 Å². The summed E-state index contributed by atoms with van der Waals surface area (Å²) in [5.41, 5.74) is 1.84. The molecule has 31 heavy (non-hydrogen) atoms. The number of carboxylic acids is 1. The lowest BCUT2D eigenvalue weighted by atomic mass is 10.0. The van der Waals surface area contributed by atoms with Crippen LogP contribution in [0.4, 0.5) is 4.39 Å². The third kappa shape index (κ3) is 5.71. The molecule has 3 rings (SSSR count). The average molecular weight is 425 g/mol. The number of amides is 1. The molecule has 0 aliphatic heterocycles. The summed E-state index contributed by atoms with van der Waals surface area (Å²) in [4.78, 5) is 29.8. The number of halogens is 1. The van der Waals surface area contributed by atoms with Crippen LogP contribution in [-0.4, -0.2) is 41.9 Å². The van der Waals surface area contributed by atoms with Crippen molar-refractivity contribution in [3.63, 3.8) is 0 Å². The van der Waals surface area contributed by atoms with Gasteiger partial charge in [0.15, 0.2) is 0 Å². The summed E-state index contributed by atoms with van der Waals surface area (Å²) >= 11 is 0. The molecule has 162 valence electrons. The number of hydrogen-bond acceptors (Lipinski definition) is 5. The third-order valence-corrected chi connectivity index (χ3v) is 4.87. The first-order valence-corrected chi connectivity index (χ1v) is 10.0. The fourth-order valence-corrected chi connectivity index (χ4v) is 3.25. The van der Waals surface area contributed by atoms with Crippen molar-refractivity contribution in [3.8, 4) is 5.69 Å². The molecular weight excluding hydrogens is 401 g/mol. The molecule has 2 heterocycles. The summed E-state index contributed by atoms with van der Waals surface area (Å²) in [6.45, 7) is 4.45. The minimum Gasteiger partial charge on any atom is -0.478 e. The molecule has 1 atom stereocenters. The first-order valence-electron chi connectivity index (χ1n) is 10.0. The first-order chi connectivity index (χ1) is 14.9. The van der Waals surface area contributed by atoms with Gasteiger partial charge in [-0.15, -0.1) is 5.10 Å². The normalized spacial score (nSPS) is 11.8. The number of pyridine rings is 1. The van der Waals surface area contributed by atoms with Gasteiger partial charge >= 0.3 is 5.97 Å². The van der Waals surface area contributed by atoms with Gasteiger partial charge < -0.3 is 10.0 Å². The molecule has 2 aromatic heterocycles. The molecular formula is C22H24FN5O3. The van der Waals surface area contributed by atoms with Crippen LogP contribution < -0.4 is 0 Å². The fraction of sp³-hybridized carbons (Fsp3) is 0.318. The Morgan fingerprint density at radius 3 is 2.61 bits per heavy atom. The van der Waals surface area contributed by atoms with Crippen molar-refractivity contribution in [1.82, 2.24) is 24.9 Å². The van der Waals surface area contributed by atoms with Gasteiger partial charge in [0, 0.05) is 18.7 Å². The summed E-state index contributed by atoms with van der Waals surface area (Å²) in [7, 11) is 0. The second-order valence-corrected chi connectivity index (χ2v) is 7.40. The van der Waals surface area contributed by atoms with E-state index in [9.17, 15) is 14.0 Å². The van der Waals surface area contributed by atoms with Crippen LogP contribution in [0.25, 0.3) is 5.69 Å². The Morgan fingerprint density at radius 2 is 1.94 bits per heavy atom. The molecule has 0 aliphatic rings. The molecule has 0 spiro atoms. The lowest BCUT2D eigenvalue weighted by Gasteiger charge is -2.25. The van der Waals surface area contributed by atoms with Crippen LogP contribution in [0, 0.1) is 11.7 Å². The predicted octanol–water partition coefficient (Wildman–Crippen LogP) is 3.46. The number of hydrogen-bond donors (Lipinski definition) is 1. The van der Waals surface area contributed by atoms with Crippen LogP contribution in [-0.2, 0) is 17.9 Å². The molecule has 1 unspecified atom stereocenters. The first kappa shape index (κ1) is 22.1. The number of benzene rings is 1. The van der Waals surface area contributed by atoms with Gasteiger partial charge in [-0.2, -0.15) is 0 Å². The summed E-state index contributed by atoms with van der Waals surface area (Å²) in [6, 6.07) is 7.48. The quantitative estimate of drug-likeness (QED) is 0.563. The van der Waals surface area contributed by atoms with Crippen molar-refractivity contribution in [1.29, 1.82) is 0 Å². The second-order valence-electron chi connectivity index (χ2n) is 7.40. The SMILES string of the molecule is CCCC(C)C(=O)N(Cc1ccc(F)cc1)Cc1cn(-c2cncc(C(=O)O)c2)nn1. The largest absolute Gasteiger partial charge is 0.478 e. The van der Waals surface area contributed by atoms with Crippen molar-refractivity contribution in [2.45, 2.75) is 39.8 Å². The Balaban J connectivity index is 1.82. The van der Waals surface area contributed by atoms with E-state index in [2.05, 4.69) is 15.3 Å². The summed E-state index contributed by atoms with van der Waals surface area (Å²) in [6.07, 6.45) is 6.02. The van der Waals surface area contributed by atoms with E-state index in [1.54, 1.807) is 23.2 Å². The number of aromatic carboxylic acids is 1. The van der Waals surface area contributed by atoms with Crippen LogP contribution in [0.2, 0.25) is 0 Å². The van der Waals surface area contributed by atoms with E-state index in [0.29, 0.717) is 17.9 Å². The van der Waals surface area contributed by atoms with E-state index >= 15 is 0 Å². The number of rotatable bonds is 9. The van der Waals surface area contributed by atoms with Gasteiger partial charge in [-0.05, 0) is 30.2 Å². The maximum atomic E-state index is 13.3. The topological polar surface area (TPSA) is 101 Å². The Kier molecular flexibility index (Phi) is 7.07. The van der Waals surface area contributed by atoms with Crippen molar-refractivity contribution in [2.24, 2.45) is 5.92 Å². The lowest BCUT2D eigenvalue weighted by Crippen LogP contribution is -2.34. The number of nitrogens with zero attached hydrogens (tertiary/aromatic N) is 5. The maximum Gasteiger partial charge on any atom is 0.337 e. The van der Waals surface area contributed by atoms with E-state index in [0.717, 1.165) is 18.4 Å². The molecule has 0 radical (unpaired) electrons. The zero-order valence-corrected chi connectivity index (χ0v) is 17.4. The van der Waals surface area contributed by atoms with E-state index in [4.69, 9.17) is 5.11 Å². The van der Waals surface area contributed by atoms with Crippen LogP contribution in [0.5, 0.6) is 0 Å². The molecule has 0 saturated heterocycles. The highest BCUT2D eigenvalue weighted by molar-refractivity contribution is 5.87.